The number of hydrogen-bond donors (Lipinski definition) is 5. The Morgan fingerprint density at radius 2 is 1.65 bits per heavy atom. The van der Waals surface area contributed by atoms with Crippen LogP contribution in [-0.4, -0.2) is 179 Å². The average Bonchev–Trinajstić information content (AvgIpc) is 3.21. The van der Waals surface area contributed by atoms with Crippen LogP contribution in [0.2, 0.25) is 0 Å². The van der Waals surface area contributed by atoms with Gasteiger partial charge in [-0.15, -0.1) is 0 Å². The minimum absolute atomic E-state index is 0.103. The van der Waals surface area contributed by atoms with Gasteiger partial charge in [-0.1, -0.05) is 20.8 Å². The zero-order valence-corrected chi connectivity index (χ0v) is 40.2. The number of cyclic esters (lactones) is 1. The van der Waals surface area contributed by atoms with Crippen molar-refractivity contribution in [3.8, 4) is 0 Å². The van der Waals surface area contributed by atoms with Crippen LogP contribution < -0.4 is 5.32 Å². The molecule has 0 spiro atoms. The van der Waals surface area contributed by atoms with Gasteiger partial charge in [0.05, 0.1) is 41.5 Å². The first kappa shape index (κ1) is 53.1. The molecule has 1 amide bonds. The van der Waals surface area contributed by atoms with Gasteiger partial charge in [0.2, 0.25) is 0 Å². The number of aliphatic hydroxyl groups excluding tert-OH is 2. The highest BCUT2D eigenvalue weighted by atomic mass is 16.7. The minimum Gasteiger partial charge on any atom is -0.459 e. The van der Waals surface area contributed by atoms with Gasteiger partial charge < -0.3 is 63.8 Å². The quantitative estimate of drug-likeness (QED) is 0.202. The van der Waals surface area contributed by atoms with Crippen molar-refractivity contribution in [3.05, 3.63) is 30.1 Å². The first-order valence-electron chi connectivity index (χ1n) is 22.7. The number of carbonyl (C=O) groups is 2. The number of aliphatic hydroxyl groups is 4. The molecule has 3 aliphatic rings. The van der Waals surface area contributed by atoms with Crippen molar-refractivity contribution in [3.63, 3.8) is 0 Å². The highest BCUT2D eigenvalue weighted by Crippen LogP contribution is 2.40. The highest BCUT2D eigenvalue weighted by molar-refractivity contribution is 5.73. The fourth-order valence-electron chi connectivity index (χ4n) is 9.95. The maximum absolute atomic E-state index is 14.7. The predicted octanol–water partition coefficient (Wildman–Crippen LogP) is 3.27. The van der Waals surface area contributed by atoms with E-state index in [1.54, 1.807) is 47.0 Å². The molecule has 18 atom stereocenters. The maximum atomic E-state index is 14.7. The standard InChI is InChI=1S/C46H80N4O13/c1-15-34-46(10,56)40(63-43(54)48-21-18-32-16-19-47-20-17-32)30(6)50(13)25-26(2)23-44(8,55)39(62-42-36(51)33(49(11)12)22-27(3)58-42)28(4)37(29(5)41(53)60-34)61-35-24-45(9,57-14)38(52)31(7)59-35/h16-17,19-20,26-31,33-40,42,51-52,55-56H,15,18,21-25H2,1-14H3,(H,48,54)/t26-,27-,28+,29-,30-,31+,33+,34-,35+,36-,37+,38+,39-,40-,42+,44-,45-,46-/m1/s1. The Bertz CT molecular complexity index is 1590. The third kappa shape index (κ3) is 13.1. The Hall–Kier alpha value is -2.55. The van der Waals surface area contributed by atoms with Crippen LogP contribution in [0, 0.1) is 17.8 Å². The molecule has 3 saturated heterocycles. The normalized spacial score (nSPS) is 42.8. The van der Waals surface area contributed by atoms with Gasteiger partial charge >= 0.3 is 12.1 Å². The summed E-state index contributed by atoms with van der Waals surface area (Å²) >= 11 is 0. The summed E-state index contributed by atoms with van der Waals surface area (Å²) in [4.78, 5) is 36.1. The largest absolute Gasteiger partial charge is 0.459 e. The topological polar surface area (TPSA) is 211 Å². The van der Waals surface area contributed by atoms with Crippen LogP contribution in [0.1, 0.15) is 100 Å². The van der Waals surface area contributed by atoms with Gasteiger partial charge in [0.15, 0.2) is 18.7 Å². The second-order valence-corrected chi connectivity index (χ2v) is 19.6. The van der Waals surface area contributed by atoms with Crippen LogP contribution in [0.3, 0.4) is 0 Å². The number of aromatic nitrogens is 1. The molecule has 63 heavy (non-hydrogen) atoms. The number of carbonyl (C=O) groups excluding carboxylic acids is 2. The van der Waals surface area contributed by atoms with Gasteiger partial charge in [-0.2, -0.15) is 0 Å². The van der Waals surface area contributed by atoms with Crippen molar-refractivity contribution in [2.24, 2.45) is 17.8 Å². The molecule has 5 N–H and O–H groups in total. The number of nitrogens with zero attached hydrogens (tertiary/aromatic N) is 3. The zero-order valence-electron chi connectivity index (χ0n) is 40.2. The summed E-state index contributed by atoms with van der Waals surface area (Å²) in [5.74, 6) is -2.81. The van der Waals surface area contributed by atoms with E-state index in [2.05, 4.69) is 10.3 Å². The molecule has 0 saturated carbocycles. The monoisotopic (exact) mass is 897 g/mol. The molecular weight excluding hydrogens is 817 g/mol. The number of nitrogens with one attached hydrogen (secondary N) is 1. The van der Waals surface area contributed by atoms with Crippen LogP contribution in [0.15, 0.2) is 24.5 Å². The molecule has 4 rings (SSSR count). The van der Waals surface area contributed by atoms with Gasteiger partial charge in [-0.05, 0) is 119 Å². The highest BCUT2D eigenvalue weighted by Gasteiger charge is 2.53. The van der Waals surface area contributed by atoms with Crippen LogP contribution in [0.4, 0.5) is 4.79 Å². The molecule has 4 heterocycles. The molecular formula is C46H80N4O13. The zero-order chi connectivity index (χ0) is 47.2. The van der Waals surface area contributed by atoms with Crippen LogP contribution in [-0.2, 0) is 44.4 Å². The molecule has 17 nitrogen and oxygen atoms in total. The molecule has 362 valence electrons. The average molecular weight is 897 g/mol. The Kier molecular flexibility index (Phi) is 18.8. The lowest BCUT2D eigenvalue weighted by Gasteiger charge is -2.48. The number of amides is 1. The number of esters is 1. The maximum Gasteiger partial charge on any atom is 0.407 e. The molecule has 3 aliphatic heterocycles. The molecule has 1 aromatic rings. The second kappa shape index (κ2) is 22.3. The van der Waals surface area contributed by atoms with Gasteiger partial charge in [0.25, 0.3) is 0 Å². The SMILES string of the molecule is CC[C@H]1OC(=O)[C@H](C)[C@@H](O[C@H]2C[C@@](C)(OC)[C@@H](O)[C@H](C)O2)[C@H](C)[C@@H](O[C@@H]2O[C@H](C)C[C@H](N(C)C)[C@H]2O)[C@](C)(O)C[C@@H](C)CN(C)[C@H](C)[C@@H](OC(=O)NCCc2ccncc2)[C@]1(C)O. The molecule has 17 heteroatoms. The lowest BCUT2D eigenvalue weighted by molar-refractivity contribution is -0.318. The van der Waals surface area contributed by atoms with Crippen molar-refractivity contribution < 1.29 is 63.2 Å². The smallest absolute Gasteiger partial charge is 0.407 e. The Morgan fingerprint density at radius 1 is 1.00 bits per heavy atom. The van der Waals surface area contributed by atoms with Gasteiger partial charge in [0.1, 0.15) is 23.9 Å². The lowest BCUT2D eigenvalue weighted by atomic mass is 9.77. The van der Waals surface area contributed by atoms with E-state index < -0.39 is 102 Å². The summed E-state index contributed by atoms with van der Waals surface area (Å²) < 4.78 is 44.2. The molecule has 0 bridgehead atoms. The number of likely N-dealkylation sites (N-methyl/N-ethyl adjacent to an activating group) is 2. The summed E-state index contributed by atoms with van der Waals surface area (Å²) in [7, 11) is 7.11. The van der Waals surface area contributed by atoms with Gasteiger partial charge in [-0.3, -0.25) is 14.7 Å². The molecule has 0 radical (unpaired) electrons. The molecule has 0 aliphatic carbocycles. The Balaban J connectivity index is 1.78. The number of rotatable bonds is 11. The fourth-order valence-corrected chi connectivity index (χ4v) is 9.95. The molecule has 1 aromatic heterocycles. The van der Waals surface area contributed by atoms with Gasteiger partial charge in [0, 0.05) is 57.0 Å². The number of pyridine rings is 1. The van der Waals surface area contributed by atoms with E-state index in [0.29, 0.717) is 19.4 Å². The van der Waals surface area contributed by atoms with E-state index in [0.717, 1.165) is 5.56 Å². The van der Waals surface area contributed by atoms with E-state index >= 15 is 0 Å². The van der Waals surface area contributed by atoms with Crippen molar-refractivity contribution >= 4 is 12.1 Å². The third-order valence-electron chi connectivity index (χ3n) is 13.8. The van der Waals surface area contributed by atoms with E-state index in [1.807, 2.05) is 70.8 Å². The molecule has 0 unspecified atom stereocenters. The Labute approximate surface area is 375 Å². The van der Waals surface area contributed by atoms with Crippen molar-refractivity contribution in [1.29, 1.82) is 0 Å². The van der Waals surface area contributed by atoms with E-state index in [-0.39, 0.29) is 43.9 Å². The lowest BCUT2D eigenvalue weighted by Crippen LogP contribution is -2.61. The summed E-state index contributed by atoms with van der Waals surface area (Å²) in [5, 5.41) is 50.8. The Morgan fingerprint density at radius 3 is 2.25 bits per heavy atom. The van der Waals surface area contributed by atoms with Crippen LogP contribution in [0.25, 0.3) is 0 Å². The van der Waals surface area contributed by atoms with Gasteiger partial charge in [-0.25, -0.2) is 4.79 Å². The summed E-state index contributed by atoms with van der Waals surface area (Å²) in [6, 6.07) is 2.80. The van der Waals surface area contributed by atoms with Crippen molar-refractivity contribution in [2.45, 2.75) is 192 Å². The van der Waals surface area contributed by atoms with Crippen LogP contribution >= 0.6 is 0 Å². The third-order valence-corrected chi connectivity index (χ3v) is 13.8. The summed E-state index contributed by atoms with van der Waals surface area (Å²) in [6.45, 7) is 18.3. The fraction of sp³-hybridized carbons (Fsp3) is 0.848. The first-order valence-corrected chi connectivity index (χ1v) is 22.7. The van der Waals surface area contributed by atoms with Crippen molar-refractivity contribution in [2.75, 3.05) is 41.3 Å². The molecule has 0 aromatic carbocycles. The first-order chi connectivity index (χ1) is 29.4. The number of methoxy groups -OCH3 is 1. The summed E-state index contributed by atoms with van der Waals surface area (Å²) in [6.07, 6.45) is -5.53. The number of hydrogen-bond acceptors (Lipinski definition) is 16. The van der Waals surface area contributed by atoms with E-state index in [4.69, 9.17) is 33.2 Å². The summed E-state index contributed by atoms with van der Waals surface area (Å²) in [5.41, 5.74) is -3.59. The second-order valence-electron chi connectivity index (χ2n) is 19.6. The molecule has 3 fully saturated rings. The van der Waals surface area contributed by atoms with Crippen molar-refractivity contribution in [1.82, 2.24) is 20.1 Å². The minimum atomic E-state index is -1.89. The van der Waals surface area contributed by atoms with E-state index in [9.17, 15) is 30.0 Å². The van der Waals surface area contributed by atoms with Crippen LogP contribution in [0.5, 0.6) is 0 Å². The van der Waals surface area contributed by atoms with E-state index in [1.165, 1.54) is 14.0 Å². The number of ether oxygens (including phenoxy) is 7. The predicted molar refractivity (Wildman–Crippen MR) is 234 cm³/mol. The number of alkyl carbamates (subject to hydrolysis) is 1.